The molecule has 0 radical (unpaired) electrons. The van der Waals surface area contributed by atoms with Crippen LogP contribution in [0.2, 0.25) is 0 Å². The lowest BCUT2D eigenvalue weighted by Crippen LogP contribution is -2.60. The predicted molar refractivity (Wildman–Crippen MR) is 102 cm³/mol. The Bertz CT molecular complexity index is 635. The number of hydrogen-bond donors (Lipinski definition) is 3. The molecule has 1 aromatic carbocycles. The second kappa shape index (κ2) is 9.19. The van der Waals surface area contributed by atoms with Gasteiger partial charge in [-0.3, -0.25) is 4.90 Å². The Hall–Kier alpha value is -2.12. The minimum Gasteiger partial charge on any atom is -0.478 e. The molecule has 1 aliphatic heterocycles. The van der Waals surface area contributed by atoms with E-state index in [2.05, 4.69) is 15.5 Å². The molecule has 3 N–H and O–H groups in total. The Balaban J connectivity index is 1.50. The van der Waals surface area contributed by atoms with Crippen LogP contribution in [-0.2, 0) is 11.3 Å². The molecule has 7 heteroatoms. The first-order valence-electron chi connectivity index (χ1n) is 9.76. The van der Waals surface area contributed by atoms with Gasteiger partial charge in [0.05, 0.1) is 18.8 Å². The first-order valence-corrected chi connectivity index (χ1v) is 9.76. The van der Waals surface area contributed by atoms with Gasteiger partial charge in [0.2, 0.25) is 0 Å². The summed E-state index contributed by atoms with van der Waals surface area (Å²) in [5, 5.41) is 14.9. The zero-order valence-corrected chi connectivity index (χ0v) is 15.7. The van der Waals surface area contributed by atoms with Crippen LogP contribution in [-0.4, -0.2) is 60.4 Å². The van der Waals surface area contributed by atoms with Gasteiger partial charge in [-0.05, 0) is 30.5 Å². The van der Waals surface area contributed by atoms with Gasteiger partial charge in [-0.2, -0.15) is 0 Å². The van der Waals surface area contributed by atoms with E-state index in [4.69, 9.17) is 9.84 Å². The van der Waals surface area contributed by atoms with Gasteiger partial charge in [0.1, 0.15) is 0 Å². The Labute approximate surface area is 160 Å². The highest BCUT2D eigenvalue weighted by molar-refractivity contribution is 5.87. The molecular weight excluding hydrogens is 346 g/mol. The Morgan fingerprint density at radius 3 is 2.33 bits per heavy atom. The van der Waals surface area contributed by atoms with Gasteiger partial charge >= 0.3 is 12.0 Å². The largest absolute Gasteiger partial charge is 0.478 e. The molecule has 2 aliphatic rings. The number of carbonyl (C=O) groups excluding carboxylic acids is 1. The van der Waals surface area contributed by atoms with Crippen molar-refractivity contribution >= 4 is 12.0 Å². The normalized spacial score (nSPS) is 20.0. The Morgan fingerprint density at radius 1 is 1.04 bits per heavy atom. The minimum absolute atomic E-state index is 0.0442. The van der Waals surface area contributed by atoms with Crippen LogP contribution < -0.4 is 10.6 Å². The zero-order valence-electron chi connectivity index (χ0n) is 15.7. The molecule has 1 saturated heterocycles. The van der Waals surface area contributed by atoms with E-state index in [9.17, 15) is 9.59 Å². The summed E-state index contributed by atoms with van der Waals surface area (Å²) in [5.41, 5.74) is 1.16. The van der Waals surface area contributed by atoms with Crippen molar-refractivity contribution in [3.05, 3.63) is 35.4 Å². The number of amides is 2. The fourth-order valence-electron chi connectivity index (χ4n) is 4.11. The van der Waals surface area contributed by atoms with E-state index in [0.29, 0.717) is 13.1 Å². The topological polar surface area (TPSA) is 90.9 Å². The number of benzene rings is 1. The maximum Gasteiger partial charge on any atom is 0.335 e. The van der Waals surface area contributed by atoms with Crippen molar-refractivity contribution in [2.75, 3.05) is 32.8 Å². The molecule has 0 aromatic heterocycles. The number of ether oxygens (including phenoxy) is 1. The number of carboxylic acid groups (broad SMARTS) is 1. The molecule has 1 saturated carbocycles. The van der Waals surface area contributed by atoms with E-state index in [1.165, 1.54) is 19.3 Å². The molecule has 0 spiro atoms. The van der Waals surface area contributed by atoms with E-state index < -0.39 is 5.97 Å². The molecule has 0 unspecified atom stereocenters. The molecular formula is C20H29N3O4. The highest BCUT2D eigenvalue weighted by Crippen LogP contribution is 2.33. The van der Waals surface area contributed by atoms with Gasteiger partial charge in [-0.15, -0.1) is 0 Å². The minimum atomic E-state index is -0.951. The van der Waals surface area contributed by atoms with Crippen molar-refractivity contribution in [1.82, 2.24) is 15.5 Å². The summed E-state index contributed by atoms with van der Waals surface area (Å²) < 4.78 is 5.49. The van der Waals surface area contributed by atoms with Crippen LogP contribution in [0, 0.1) is 0 Å². The number of aromatic carboxylic acids is 1. The molecule has 2 fully saturated rings. The number of urea groups is 1. The van der Waals surface area contributed by atoms with E-state index in [1.54, 1.807) is 24.3 Å². The third-order valence-corrected chi connectivity index (χ3v) is 5.70. The van der Waals surface area contributed by atoms with Crippen molar-refractivity contribution in [3.8, 4) is 0 Å². The second-order valence-corrected chi connectivity index (χ2v) is 7.42. The van der Waals surface area contributed by atoms with E-state index in [-0.39, 0.29) is 17.1 Å². The first-order chi connectivity index (χ1) is 13.1. The van der Waals surface area contributed by atoms with Gasteiger partial charge in [0.25, 0.3) is 0 Å². The lowest BCUT2D eigenvalue weighted by molar-refractivity contribution is -0.0357. The molecule has 1 heterocycles. The van der Waals surface area contributed by atoms with Crippen LogP contribution in [0.25, 0.3) is 0 Å². The standard InChI is InChI=1S/C20H29N3O4/c24-18(25)17-6-4-16(5-7-17)14-21-19(26)22-15-20(8-2-1-3-9-20)23-10-12-27-13-11-23/h4-7H,1-3,8-15H2,(H,24,25)(H2,21,22,26). The van der Waals surface area contributed by atoms with Crippen molar-refractivity contribution in [3.63, 3.8) is 0 Å². The molecule has 27 heavy (non-hydrogen) atoms. The zero-order chi connectivity index (χ0) is 19.1. The summed E-state index contributed by atoms with van der Waals surface area (Å²) in [5.74, 6) is -0.951. The van der Waals surface area contributed by atoms with Gasteiger partial charge in [0, 0.05) is 31.7 Å². The number of nitrogens with zero attached hydrogens (tertiary/aromatic N) is 1. The Morgan fingerprint density at radius 2 is 1.70 bits per heavy atom. The van der Waals surface area contributed by atoms with Gasteiger partial charge in [0.15, 0.2) is 0 Å². The molecule has 7 nitrogen and oxygen atoms in total. The lowest BCUT2D eigenvalue weighted by atomic mass is 9.80. The third-order valence-electron chi connectivity index (χ3n) is 5.70. The summed E-state index contributed by atoms with van der Waals surface area (Å²) in [4.78, 5) is 25.7. The van der Waals surface area contributed by atoms with Crippen LogP contribution in [0.3, 0.4) is 0 Å². The fourth-order valence-corrected chi connectivity index (χ4v) is 4.11. The van der Waals surface area contributed by atoms with Crippen LogP contribution in [0.1, 0.15) is 48.0 Å². The van der Waals surface area contributed by atoms with Crippen LogP contribution in [0.5, 0.6) is 0 Å². The third kappa shape index (κ3) is 5.20. The molecule has 1 aromatic rings. The average molecular weight is 375 g/mol. The molecule has 0 atom stereocenters. The number of morpholine rings is 1. The van der Waals surface area contributed by atoms with Gasteiger partial charge in [-0.25, -0.2) is 9.59 Å². The van der Waals surface area contributed by atoms with Crippen LogP contribution in [0.4, 0.5) is 4.79 Å². The number of hydrogen-bond acceptors (Lipinski definition) is 4. The van der Waals surface area contributed by atoms with Crippen molar-refractivity contribution < 1.29 is 19.4 Å². The number of carbonyl (C=O) groups is 2. The molecule has 3 rings (SSSR count). The SMILES string of the molecule is O=C(NCc1ccc(C(=O)O)cc1)NCC1(N2CCOCC2)CCCCC1. The summed E-state index contributed by atoms with van der Waals surface area (Å²) in [7, 11) is 0. The first kappa shape index (κ1) is 19.6. The van der Waals surface area contributed by atoms with Crippen LogP contribution >= 0.6 is 0 Å². The van der Waals surface area contributed by atoms with E-state index >= 15 is 0 Å². The van der Waals surface area contributed by atoms with Crippen molar-refractivity contribution in [2.45, 2.75) is 44.2 Å². The summed E-state index contributed by atoms with van der Waals surface area (Å²) in [6.07, 6.45) is 5.91. The van der Waals surface area contributed by atoms with Crippen molar-refractivity contribution in [2.24, 2.45) is 0 Å². The van der Waals surface area contributed by atoms with E-state index in [0.717, 1.165) is 44.7 Å². The second-order valence-electron chi connectivity index (χ2n) is 7.42. The van der Waals surface area contributed by atoms with Gasteiger partial charge < -0.3 is 20.5 Å². The summed E-state index contributed by atoms with van der Waals surface area (Å²) in [6.45, 7) is 4.41. The molecule has 1 aliphatic carbocycles. The molecule has 148 valence electrons. The lowest BCUT2D eigenvalue weighted by Gasteiger charge is -2.48. The summed E-state index contributed by atoms with van der Waals surface area (Å²) in [6, 6.07) is 6.36. The highest BCUT2D eigenvalue weighted by atomic mass is 16.5. The van der Waals surface area contributed by atoms with E-state index in [1.807, 2.05) is 0 Å². The predicted octanol–water partition coefficient (Wildman–Crippen LogP) is 2.22. The number of rotatable bonds is 6. The summed E-state index contributed by atoms with van der Waals surface area (Å²) >= 11 is 0. The quantitative estimate of drug-likeness (QED) is 0.709. The smallest absolute Gasteiger partial charge is 0.335 e. The number of carboxylic acids is 1. The maximum atomic E-state index is 12.3. The maximum absolute atomic E-state index is 12.3. The fraction of sp³-hybridized carbons (Fsp3) is 0.600. The highest BCUT2D eigenvalue weighted by Gasteiger charge is 2.38. The number of nitrogens with one attached hydrogen (secondary N) is 2. The van der Waals surface area contributed by atoms with Crippen molar-refractivity contribution in [1.29, 1.82) is 0 Å². The molecule has 2 amide bonds. The van der Waals surface area contributed by atoms with Gasteiger partial charge in [-0.1, -0.05) is 31.4 Å². The molecule has 0 bridgehead atoms. The monoisotopic (exact) mass is 375 g/mol. The average Bonchev–Trinajstić information content (AvgIpc) is 2.72. The Kier molecular flexibility index (Phi) is 6.68. The van der Waals surface area contributed by atoms with Crippen LogP contribution in [0.15, 0.2) is 24.3 Å².